The molecule has 14 heavy (non-hydrogen) atoms. The van der Waals surface area contributed by atoms with Crippen LogP contribution in [-0.2, 0) is 0 Å². The Bertz CT molecular complexity index is 244. The van der Waals surface area contributed by atoms with Crippen LogP contribution in [0.4, 0.5) is 0 Å². The fourth-order valence-corrected chi connectivity index (χ4v) is 1.86. The second-order valence-electron chi connectivity index (χ2n) is 3.94. The summed E-state index contributed by atoms with van der Waals surface area (Å²) >= 11 is 0. The molecule has 4 heteroatoms. The van der Waals surface area contributed by atoms with E-state index in [1.54, 1.807) is 0 Å². The number of aliphatic hydroxyl groups excluding tert-OH is 2. The van der Waals surface area contributed by atoms with E-state index in [1.165, 1.54) is 6.92 Å². The lowest BCUT2D eigenvalue weighted by atomic mass is 10.0. The van der Waals surface area contributed by atoms with Gasteiger partial charge in [-0.05, 0) is 20.8 Å². The smallest absolute Gasteiger partial charge is 0.143 e. The Morgan fingerprint density at radius 2 is 1.93 bits per heavy atom. The minimum absolute atomic E-state index is 0.0845. The Labute approximate surface area is 84.5 Å². The molecule has 2 atom stereocenters. The van der Waals surface area contributed by atoms with Gasteiger partial charge in [-0.25, -0.2) is 0 Å². The highest BCUT2D eigenvalue weighted by Crippen LogP contribution is 2.35. The molecule has 1 aliphatic carbocycles. The number of rotatable bonds is 3. The van der Waals surface area contributed by atoms with Gasteiger partial charge in [0.15, 0.2) is 0 Å². The summed E-state index contributed by atoms with van der Waals surface area (Å²) in [6, 6.07) is 0. The molecule has 0 bridgehead atoms. The predicted octanol–water partition coefficient (Wildman–Crippen LogP) is 0.613. The van der Waals surface area contributed by atoms with Crippen LogP contribution in [0.5, 0.6) is 0 Å². The summed E-state index contributed by atoms with van der Waals surface area (Å²) in [5.41, 5.74) is -0.574. The van der Waals surface area contributed by atoms with Crippen molar-refractivity contribution in [2.75, 3.05) is 13.1 Å². The molecule has 0 saturated heterocycles. The van der Waals surface area contributed by atoms with Crippen LogP contribution in [-0.4, -0.2) is 45.0 Å². The molecule has 0 heterocycles. The molecular formula is C10H19NO3. The Hall–Kier alpha value is -0.740. The summed E-state index contributed by atoms with van der Waals surface area (Å²) < 4.78 is 0. The van der Waals surface area contributed by atoms with Crippen molar-refractivity contribution >= 4 is 0 Å². The molecular weight excluding hydrogens is 182 g/mol. The highest BCUT2D eigenvalue weighted by atomic mass is 16.4. The SMILES string of the molecule is CCN(CC)C1=C(O)C(O)C(C)(O)C1. The van der Waals surface area contributed by atoms with E-state index >= 15 is 0 Å². The van der Waals surface area contributed by atoms with E-state index in [9.17, 15) is 15.3 Å². The summed E-state index contributed by atoms with van der Waals surface area (Å²) in [4.78, 5) is 1.94. The van der Waals surface area contributed by atoms with Crippen molar-refractivity contribution < 1.29 is 15.3 Å². The molecule has 0 aromatic heterocycles. The zero-order chi connectivity index (χ0) is 10.9. The Kier molecular flexibility index (Phi) is 3.07. The zero-order valence-electron chi connectivity index (χ0n) is 8.99. The summed E-state index contributed by atoms with van der Waals surface area (Å²) in [6.45, 7) is 7.01. The summed E-state index contributed by atoms with van der Waals surface area (Å²) in [7, 11) is 0. The molecule has 1 aliphatic rings. The fraction of sp³-hybridized carbons (Fsp3) is 0.800. The van der Waals surface area contributed by atoms with Crippen LogP contribution in [0.2, 0.25) is 0 Å². The van der Waals surface area contributed by atoms with Crippen LogP contribution in [0, 0.1) is 0 Å². The highest BCUT2D eigenvalue weighted by molar-refractivity contribution is 5.24. The lowest BCUT2D eigenvalue weighted by molar-refractivity contribution is -0.0437. The van der Waals surface area contributed by atoms with E-state index in [4.69, 9.17) is 0 Å². The Morgan fingerprint density at radius 1 is 1.43 bits per heavy atom. The molecule has 0 fully saturated rings. The van der Waals surface area contributed by atoms with Gasteiger partial charge in [0.25, 0.3) is 0 Å². The third-order valence-corrected chi connectivity index (χ3v) is 2.81. The standard InChI is InChI=1S/C10H19NO3/c1-4-11(5-2)7-6-10(3,14)9(13)8(7)12/h9,12-14H,4-6H2,1-3H3. The molecule has 0 spiro atoms. The molecule has 82 valence electrons. The van der Waals surface area contributed by atoms with Crippen molar-refractivity contribution in [3.05, 3.63) is 11.5 Å². The predicted molar refractivity (Wildman–Crippen MR) is 53.8 cm³/mol. The quantitative estimate of drug-likeness (QED) is 0.626. The van der Waals surface area contributed by atoms with E-state index < -0.39 is 11.7 Å². The molecule has 0 saturated carbocycles. The number of nitrogens with zero attached hydrogens (tertiary/aromatic N) is 1. The summed E-state index contributed by atoms with van der Waals surface area (Å²) in [6.07, 6.45) is -0.847. The maximum Gasteiger partial charge on any atom is 0.143 e. The second kappa shape index (κ2) is 3.79. The first kappa shape index (κ1) is 11.3. The molecule has 4 nitrogen and oxygen atoms in total. The third-order valence-electron chi connectivity index (χ3n) is 2.81. The van der Waals surface area contributed by atoms with Gasteiger partial charge in [0.1, 0.15) is 17.5 Å². The van der Waals surface area contributed by atoms with Crippen LogP contribution in [0.25, 0.3) is 0 Å². The van der Waals surface area contributed by atoms with Gasteiger partial charge in [0, 0.05) is 19.5 Å². The topological polar surface area (TPSA) is 63.9 Å². The van der Waals surface area contributed by atoms with Crippen molar-refractivity contribution in [3.63, 3.8) is 0 Å². The average Bonchev–Trinajstić information content (AvgIpc) is 2.33. The largest absolute Gasteiger partial charge is 0.508 e. The molecule has 0 radical (unpaired) electrons. The van der Waals surface area contributed by atoms with Crippen LogP contribution in [0.15, 0.2) is 11.5 Å². The van der Waals surface area contributed by atoms with Gasteiger partial charge in [-0.2, -0.15) is 0 Å². The zero-order valence-corrected chi connectivity index (χ0v) is 8.99. The molecule has 0 aliphatic heterocycles. The summed E-state index contributed by atoms with van der Waals surface area (Å²) in [5.74, 6) is -0.0845. The van der Waals surface area contributed by atoms with Crippen LogP contribution >= 0.6 is 0 Å². The molecule has 1 rings (SSSR count). The van der Waals surface area contributed by atoms with Crippen LogP contribution in [0.3, 0.4) is 0 Å². The molecule has 0 amide bonds. The van der Waals surface area contributed by atoms with Crippen molar-refractivity contribution in [3.8, 4) is 0 Å². The van der Waals surface area contributed by atoms with Gasteiger partial charge in [-0.15, -0.1) is 0 Å². The molecule has 0 aromatic carbocycles. The lowest BCUT2D eigenvalue weighted by Crippen LogP contribution is -2.36. The van der Waals surface area contributed by atoms with Gasteiger partial charge in [0.2, 0.25) is 0 Å². The number of hydrogen-bond donors (Lipinski definition) is 3. The number of hydrogen-bond acceptors (Lipinski definition) is 4. The van der Waals surface area contributed by atoms with Gasteiger partial charge in [0.05, 0.1) is 5.70 Å². The van der Waals surface area contributed by atoms with E-state index in [0.717, 1.165) is 13.1 Å². The van der Waals surface area contributed by atoms with E-state index in [2.05, 4.69) is 0 Å². The second-order valence-corrected chi connectivity index (χ2v) is 3.94. The first-order chi connectivity index (χ1) is 6.44. The third kappa shape index (κ3) is 1.72. The maximum atomic E-state index is 9.77. The first-order valence-corrected chi connectivity index (χ1v) is 5.01. The minimum Gasteiger partial charge on any atom is -0.508 e. The average molecular weight is 201 g/mol. The van der Waals surface area contributed by atoms with E-state index in [1.807, 2.05) is 18.7 Å². The van der Waals surface area contributed by atoms with Gasteiger partial charge in [-0.3, -0.25) is 0 Å². The molecule has 3 N–H and O–H groups in total. The Morgan fingerprint density at radius 3 is 2.21 bits per heavy atom. The highest BCUT2D eigenvalue weighted by Gasteiger charge is 2.43. The van der Waals surface area contributed by atoms with Crippen molar-refractivity contribution in [2.24, 2.45) is 0 Å². The van der Waals surface area contributed by atoms with Crippen LogP contribution in [0.1, 0.15) is 27.2 Å². The molecule has 0 aromatic rings. The Balaban J connectivity index is 2.90. The number of aliphatic hydroxyl groups is 3. The van der Waals surface area contributed by atoms with Gasteiger partial charge < -0.3 is 20.2 Å². The normalized spacial score (nSPS) is 32.5. The van der Waals surface area contributed by atoms with Gasteiger partial charge in [-0.1, -0.05) is 0 Å². The van der Waals surface area contributed by atoms with Crippen molar-refractivity contribution in [1.82, 2.24) is 4.90 Å². The van der Waals surface area contributed by atoms with E-state index in [-0.39, 0.29) is 5.76 Å². The molecule has 2 unspecified atom stereocenters. The fourth-order valence-electron chi connectivity index (χ4n) is 1.86. The maximum absolute atomic E-state index is 9.77. The minimum atomic E-state index is -1.23. The van der Waals surface area contributed by atoms with E-state index in [0.29, 0.717) is 12.1 Å². The van der Waals surface area contributed by atoms with Crippen LogP contribution < -0.4 is 0 Å². The van der Waals surface area contributed by atoms with Gasteiger partial charge >= 0.3 is 0 Å². The first-order valence-electron chi connectivity index (χ1n) is 5.01. The monoisotopic (exact) mass is 201 g/mol. The van der Waals surface area contributed by atoms with Crippen molar-refractivity contribution in [1.29, 1.82) is 0 Å². The van der Waals surface area contributed by atoms with Crippen molar-refractivity contribution in [2.45, 2.75) is 38.9 Å². The summed E-state index contributed by atoms with van der Waals surface area (Å²) in [5, 5.41) is 29.0. The lowest BCUT2D eigenvalue weighted by Gasteiger charge is -2.24.